The van der Waals surface area contributed by atoms with E-state index < -0.39 is 10.0 Å². The van der Waals surface area contributed by atoms with Crippen LogP contribution < -0.4 is 4.72 Å². The molecule has 0 aliphatic heterocycles. The van der Waals surface area contributed by atoms with Crippen LogP contribution in [-0.4, -0.2) is 25.0 Å². The number of nitrogens with one attached hydrogen (secondary N) is 1. The Kier molecular flexibility index (Phi) is 5.97. The van der Waals surface area contributed by atoms with Crippen LogP contribution in [0.15, 0.2) is 0 Å². The van der Waals surface area contributed by atoms with Crippen molar-refractivity contribution in [1.29, 1.82) is 0 Å². The molecule has 0 rings (SSSR count). The number of hydrogen-bond acceptors (Lipinski definition) is 2. The summed E-state index contributed by atoms with van der Waals surface area (Å²) in [7, 11) is -3.18. The van der Waals surface area contributed by atoms with Crippen molar-refractivity contribution in [3.05, 3.63) is 0 Å². The Labute approximate surface area is 109 Å². The minimum Gasteiger partial charge on any atom is -0.212 e. The molecule has 0 amide bonds. The Morgan fingerprint density at radius 3 is 2.00 bits per heavy atom. The molecule has 0 aliphatic carbocycles. The smallest absolute Gasteiger partial charge is 0.212 e. The first-order valence-electron chi connectivity index (χ1n) is 5.61. The van der Waals surface area contributed by atoms with Gasteiger partial charge < -0.3 is 0 Å². The van der Waals surface area contributed by atoms with E-state index in [1.807, 2.05) is 34.6 Å². The lowest BCUT2D eigenvalue weighted by molar-refractivity contribution is 0.391. The van der Waals surface area contributed by atoms with E-state index >= 15 is 0 Å². The Hall–Kier alpha value is 0.390. The van der Waals surface area contributed by atoms with E-state index in [1.165, 1.54) is 0 Å². The average molecular weight is 314 g/mol. The normalized spacial score (nSPS) is 17.1. The summed E-state index contributed by atoms with van der Waals surface area (Å²) in [6, 6.07) is 0. The summed E-state index contributed by atoms with van der Waals surface area (Å²) in [6.07, 6.45) is 1.44. The van der Waals surface area contributed by atoms with Crippen LogP contribution in [0.1, 0.15) is 47.5 Å². The van der Waals surface area contributed by atoms with Gasteiger partial charge in [-0.3, -0.25) is 0 Å². The predicted octanol–water partition coefficient (Wildman–Crippen LogP) is 2.91. The maximum atomic E-state index is 11.9. The lowest BCUT2D eigenvalue weighted by atomic mass is 9.94. The van der Waals surface area contributed by atoms with E-state index in [0.717, 1.165) is 6.42 Å². The van der Waals surface area contributed by atoms with Crippen LogP contribution >= 0.6 is 15.9 Å². The monoisotopic (exact) mass is 313 g/mol. The van der Waals surface area contributed by atoms with Gasteiger partial charge in [-0.05, 0) is 25.2 Å². The summed E-state index contributed by atoms with van der Waals surface area (Å²) >= 11 is 3.35. The molecular formula is C11H24BrNO2S. The SMILES string of the molecule is CCC(C)(CBr)NS(=O)(=O)CCC(C)(C)C. The minimum absolute atomic E-state index is 0.0474. The Morgan fingerprint density at radius 1 is 1.19 bits per heavy atom. The number of sulfonamides is 1. The first-order valence-corrected chi connectivity index (χ1v) is 8.38. The van der Waals surface area contributed by atoms with Crippen LogP contribution in [0, 0.1) is 5.41 Å². The molecule has 0 aromatic rings. The summed E-state index contributed by atoms with van der Waals surface area (Å²) < 4.78 is 26.5. The van der Waals surface area contributed by atoms with Crippen LogP contribution in [0.25, 0.3) is 0 Å². The maximum Gasteiger partial charge on any atom is 0.212 e. The zero-order chi connectivity index (χ0) is 13.0. The molecular weight excluding hydrogens is 290 g/mol. The van der Waals surface area contributed by atoms with E-state index in [-0.39, 0.29) is 16.7 Å². The Bertz CT molecular complexity index is 302. The summed E-state index contributed by atoms with van der Waals surface area (Å²) in [5, 5.41) is 0.630. The van der Waals surface area contributed by atoms with Crippen LogP contribution in [0.3, 0.4) is 0 Å². The van der Waals surface area contributed by atoms with Gasteiger partial charge in [-0.2, -0.15) is 0 Å². The first-order chi connectivity index (χ1) is 7.04. The van der Waals surface area contributed by atoms with Crippen LogP contribution in [-0.2, 0) is 10.0 Å². The molecule has 0 radical (unpaired) electrons. The third kappa shape index (κ3) is 6.86. The highest BCUT2D eigenvalue weighted by molar-refractivity contribution is 9.09. The number of rotatable bonds is 6. The molecule has 98 valence electrons. The molecule has 1 N–H and O–H groups in total. The van der Waals surface area contributed by atoms with Crippen LogP contribution in [0.2, 0.25) is 0 Å². The van der Waals surface area contributed by atoms with Gasteiger partial charge in [-0.1, -0.05) is 43.6 Å². The molecule has 0 aromatic carbocycles. The molecule has 0 bridgehead atoms. The van der Waals surface area contributed by atoms with Gasteiger partial charge in [0.15, 0.2) is 0 Å². The summed E-state index contributed by atoms with van der Waals surface area (Å²) in [5.41, 5.74) is -0.331. The molecule has 0 spiro atoms. The zero-order valence-electron chi connectivity index (χ0n) is 10.9. The minimum atomic E-state index is -3.18. The van der Waals surface area contributed by atoms with Gasteiger partial charge >= 0.3 is 0 Å². The van der Waals surface area contributed by atoms with Gasteiger partial charge in [0.25, 0.3) is 0 Å². The summed E-state index contributed by atoms with van der Waals surface area (Å²) in [4.78, 5) is 0. The number of halogens is 1. The third-order valence-corrected chi connectivity index (χ3v) is 5.38. The summed E-state index contributed by atoms with van der Waals surface area (Å²) in [5.74, 6) is 0.194. The second kappa shape index (κ2) is 5.83. The number of hydrogen-bond donors (Lipinski definition) is 1. The second-order valence-corrected chi connectivity index (χ2v) is 8.18. The van der Waals surface area contributed by atoms with Crippen LogP contribution in [0.4, 0.5) is 0 Å². The van der Waals surface area contributed by atoms with Crippen molar-refractivity contribution in [3.63, 3.8) is 0 Å². The van der Waals surface area contributed by atoms with Crippen molar-refractivity contribution in [1.82, 2.24) is 4.72 Å². The van der Waals surface area contributed by atoms with Gasteiger partial charge in [-0.25, -0.2) is 13.1 Å². The summed E-state index contributed by atoms with van der Waals surface area (Å²) in [6.45, 7) is 10.0. The van der Waals surface area contributed by atoms with E-state index in [1.54, 1.807) is 0 Å². The fourth-order valence-corrected chi connectivity index (χ4v) is 3.73. The Morgan fingerprint density at radius 2 is 1.69 bits per heavy atom. The molecule has 0 saturated heterocycles. The van der Waals surface area contributed by atoms with Crippen molar-refractivity contribution in [2.75, 3.05) is 11.1 Å². The fourth-order valence-electron chi connectivity index (χ4n) is 1.06. The zero-order valence-corrected chi connectivity index (χ0v) is 13.3. The standard InChI is InChI=1S/C11H24BrNO2S/c1-6-11(5,9-12)13-16(14,15)8-7-10(2,3)4/h13H,6-9H2,1-5H3. The quantitative estimate of drug-likeness (QED) is 0.766. The largest absolute Gasteiger partial charge is 0.212 e. The van der Waals surface area contributed by atoms with E-state index in [4.69, 9.17) is 0 Å². The molecule has 0 aliphatic rings. The molecule has 5 heteroatoms. The molecule has 1 atom stereocenters. The van der Waals surface area contributed by atoms with Crippen molar-refractivity contribution in [2.45, 2.75) is 53.0 Å². The molecule has 0 heterocycles. The van der Waals surface area contributed by atoms with Gasteiger partial charge in [0.05, 0.1) is 5.75 Å². The fraction of sp³-hybridized carbons (Fsp3) is 1.00. The maximum absolute atomic E-state index is 11.9. The van der Waals surface area contributed by atoms with Crippen molar-refractivity contribution >= 4 is 26.0 Å². The van der Waals surface area contributed by atoms with Crippen molar-refractivity contribution in [2.24, 2.45) is 5.41 Å². The van der Waals surface area contributed by atoms with Crippen molar-refractivity contribution < 1.29 is 8.42 Å². The highest BCUT2D eigenvalue weighted by Gasteiger charge is 2.27. The first kappa shape index (κ1) is 16.4. The highest BCUT2D eigenvalue weighted by Crippen LogP contribution is 2.20. The van der Waals surface area contributed by atoms with Gasteiger partial charge in [0.1, 0.15) is 0 Å². The number of alkyl halides is 1. The molecule has 3 nitrogen and oxygen atoms in total. The van der Waals surface area contributed by atoms with E-state index in [2.05, 4.69) is 20.7 Å². The molecule has 1 unspecified atom stereocenters. The van der Waals surface area contributed by atoms with Gasteiger partial charge in [0.2, 0.25) is 10.0 Å². The Balaban J connectivity index is 4.47. The van der Waals surface area contributed by atoms with Gasteiger partial charge in [0, 0.05) is 10.9 Å². The van der Waals surface area contributed by atoms with E-state index in [9.17, 15) is 8.42 Å². The van der Waals surface area contributed by atoms with E-state index in [0.29, 0.717) is 11.8 Å². The molecule has 0 fully saturated rings. The van der Waals surface area contributed by atoms with Gasteiger partial charge in [-0.15, -0.1) is 0 Å². The lowest BCUT2D eigenvalue weighted by Crippen LogP contribution is -2.47. The third-order valence-electron chi connectivity index (χ3n) is 2.60. The lowest BCUT2D eigenvalue weighted by Gasteiger charge is -2.28. The highest BCUT2D eigenvalue weighted by atomic mass is 79.9. The second-order valence-electron chi connectivity index (χ2n) is 5.78. The van der Waals surface area contributed by atoms with Crippen LogP contribution in [0.5, 0.6) is 0 Å². The molecule has 16 heavy (non-hydrogen) atoms. The predicted molar refractivity (Wildman–Crippen MR) is 73.5 cm³/mol. The average Bonchev–Trinajstić information content (AvgIpc) is 2.13. The molecule has 0 saturated carbocycles. The topological polar surface area (TPSA) is 46.2 Å². The molecule has 0 aromatic heterocycles. The van der Waals surface area contributed by atoms with Crippen molar-refractivity contribution in [3.8, 4) is 0 Å².